The number of fused-ring (bicyclic) bond motifs is 1. The van der Waals surface area contributed by atoms with Crippen LogP contribution in [0.4, 0.5) is 0 Å². The SMILES string of the molecule is COCCn1cc2c(n1)[C@@H](CNC(=O)CS(C)(=O)=O)OCC2. The molecule has 0 spiro atoms. The minimum absolute atomic E-state index is 0.211. The number of methoxy groups -OCH3 is 1. The van der Waals surface area contributed by atoms with Gasteiger partial charge in [0, 0.05) is 26.1 Å². The lowest BCUT2D eigenvalue weighted by Crippen LogP contribution is -2.35. The molecule has 0 bridgehead atoms. The van der Waals surface area contributed by atoms with Gasteiger partial charge in [0.1, 0.15) is 11.9 Å². The molecule has 8 nitrogen and oxygen atoms in total. The zero-order valence-electron chi connectivity index (χ0n) is 12.7. The van der Waals surface area contributed by atoms with Gasteiger partial charge < -0.3 is 14.8 Å². The van der Waals surface area contributed by atoms with Gasteiger partial charge in [-0.15, -0.1) is 0 Å². The lowest BCUT2D eigenvalue weighted by Gasteiger charge is -2.22. The van der Waals surface area contributed by atoms with E-state index in [1.165, 1.54) is 0 Å². The maximum atomic E-state index is 11.6. The van der Waals surface area contributed by atoms with E-state index in [-0.39, 0.29) is 12.6 Å². The highest BCUT2D eigenvalue weighted by molar-refractivity contribution is 7.91. The Hall–Kier alpha value is -1.45. The number of hydrogen-bond acceptors (Lipinski definition) is 6. The topological polar surface area (TPSA) is 99.5 Å². The average Bonchev–Trinajstić information content (AvgIpc) is 2.84. The quantitative estimate of drug-likeness (QED) is 0.709. The number of carbonyl (C=O) groups excluding carboxylic acids is 1. The van der Waals surface area contributed by atoms with Crippen molar-refractivity contribution in [2.45, 2.75) is 19.1 Å². The summed E-state index contributed by atoms with van der Waals surface area (Å²) < 4.78 is 34.6. The fourth-order valence-corrected chi connectivity index (χ4v) is 2.86. The van der Waals surface area contributed by atoms with Crippen LogP contribution >= 0.6 is 0 Å². The molecule has 9 heteroatoms. The molecule has 1 atom stereocenters. The molecule has 124 valence electrons. The number of amides is 1. The number of rotatable bonds is 7. The van der Waals surface area contributed by atoms with E-state index in [1.807, 2.05) is 6.20 Å². The highest BCUT2D eigenvalue weighted by Gasteiger charge is 2.25. The first kappa shape index (κ1) is 16.9. The van der Waals surface area contributed by atoms with Crippen LogP contribution in [0.25, 0.3) is 0 Å². The molecule has 2 heterocycles. The average molecular weight is 331 g/mol. The Labute approximate surface area is 129 Å². The third-order valence-electron chi connectivity index (χ3n) is 3.27. The predicted octanol–water partition coefficient (Wildman–Crippen LogP) is -0.696. The zero-order valence-corrected chi connectivity index (χ0v) is 13.6. The molecule has 1 aromatic rings. The third-order valence-corrected chi connectivity index (χ3v) is 4.05. The summed E-state index contributed by atoms with van der Waals surface area (Å²) in [4.78, 5) is 11.6. The van der Waals surface area contributed by atoms with Gasteiger partial charge in [-0.3, -0.25) is 9.48 Å². The van der Waals surface area contributed by atoms with Gasteiger partial charge in [0.25, 0.3) is 0 Å². The predicted molar refractivity (Wildman–Crippen MR) is 79.2 cm³/mol. The summed E-state index contributed by atoms with van der Waals surface area (Å²) in [6.45, 7) is 1.98. The summed E-state index contributed by atoms with van der Waals surface area (Å²) in [7, 11) is -1.70. The second kappa shape index (κ2) is 7.21. The number of nitrogens with zero attached hydrogens (tertiary/aromatic N) is 2. The molecule has 0 radical (unpaired) electrons. The van der Waals surface area contributed by atoms with Gasteiger partial charge in [0.05, 0.1) is 25.5 Å². The van der Waals surface area contributed by atoms with E-state index >= 15 is 0 Å². The van der Waals surface area contributed by atoms with Gasteiger partial charge in [-0.1, -0.05) is 0 Å². The van der Waals surface area contributed by atoms with E-state index in [2.05, 4.69) is 10.4 Å². The molecule has 0 fully saturated rings. The molecule has 1 aromatic heterocycles. The monoisotopic (exact) mass is 331 g/mol. The van der Waals surface area contributed by atoms with Crippen molar-refractivity contribution in [3.8, 4) is 0 Å². The van der Waals surface area contributed by atoms with Crippen LogP contribution in [0.2, 0.25) is 0 Å². The van der Waals surface area contributed by atoms with E-state index in [0.29, 0.717) is 19.8 Å². The van der Waals surface area contributed by atoms with Crippen molar-refractivity contribution in [3.05, 3.63) is 17.5 Å². The van der Waals surface area contributed by atoms with Crippen molar-refractivity contribution < 1.29 is 22.7 Å². The van der Waals surface area contributed by atoms with Gasteiger partial charge >= 0.3 is 0 Å². The molecular formula is C13H21N3O5S. The van der Waals surface area contributed by atoms with Crippen molar-refractivity contribution >= 4 is 15.7 Å². The molecule has 0 unspecified atom stereocenters. The Kier molecular flexibility index (Phi) is 5.54. The van der Waals surface area contributed by atoms with Crippen molar-refractivity contribution in [1.82, 2.24) is 15.1 Å². The largest absolute Gasteiger partial charge is 0.383 e. The molecule has 1 N–H and O–H groups in total. The van der Waals surface area contributed by atoms with Crippen LogP contribution in [-0.4, -0.2) is 63.0 Å². The highest BCUT2D eigenvalue weighted by atomic mass is 32.2. The first-order valence-corrected chi connectivity index (χ1v) is 9.06. The van der Waals surface area contributed by atoms with Crippen molar-refractivity contribution in [1.29, 1.82) is 0 Å². The fourth-order valence-electron chi connectivity index (χ4n) is 2.28. The first-order chi connectivity index (χ1) is 10.4. The smallest absolute Gasteiger partial charge is 0.235 e. The molecule has 0 aromatic carbocycles. The van der Waals surface area contributed by atoms with Gasteiger partial charge in [0.2, 0.25) is 5.91 Å². The van der Waals surface area contributed by atoms with Crippen molar-refractivity contribution in [3.63, 3.8) is 0 Å². The van der Waals surface area contributed by atoms with Crippen molar-refractivity contribution in [2.75, 3.05) is 38.9 Å². The van der Waals surface area contributed by atoms with Crippen LogP contribution < -0.4 is 5.32 Å². The van der Waals surface area contributed by atoms with E-state index in [1.54, 1.807) is 11.8 Å². The zero-order chi connectivity index (χ0) is 16.2. The number of ether oxygens (including phenoxy) is 2. The summed E-state index contributed by atoms with van der Waals surface area (Å²) in [5.74, 6) is -1.05. The minimum atomic E-state index is -3.33. The van der Waals surface area contributed by atoms with E-state index < -0.39 is 21.5 Å². The van der Waals surface area contributed by atoms with E-state index in [4.69, 9.17) is 9.47 Å². The highest BCUT2D eigenvalue weighted by Crippen LogP contribution is 2.25. The molecule has 1 amide bonds. The molecule has 0 saturated carbocycles. The molecule has 2 rings (SSSR count). The van der Waals surface area contributed by atoms with Gasteiger partial charge in [-0.05, 0) is 12.0 Å². The first-order valence-electron chi connectivity index (χ1n) is 7.00. The van der Waals surface area contributed by atoms with Crippen LogP contribution in [0.5, 0.6) is 0 Å². The lowest BCUT2D eigenvalue weighted by molar-refractivity contribution is -0.119. The normalized spacial score (nSPS) is 18.0. The Balaban J connectivity index is 1.96. The molecular weight excluding hydrogens is 310 g/mol. The number of nitrogens with one attached hydrogen (secondary N) is 1. The summed E-state index contributed by atoms with van der Waals surface area (Å²) in [5.41, 5.74) is 1.88. The van der Waals surface area contributed by atoms with Crippen LogP contribution in [0.1, 0.15) is 17.4 Å². The number of carbonyl (C=O) groups is 1. The Morgan fingerprint density at radius 2 is 2.36 bits per heavy atom. The van der Waals surface area contributed by atoms with E-state index in [0.717, 1.165) is 23.9 Å². The maximum Gasteiger partial charge on any atom is 0.235 e. The van der Waals surface area contributed by atoms with Crippen LogP contribution in [0.15, 0.2) is 6.20 Å². The third kappa shape index (κ3) is 4.79. The number of hydrogen-bond donors (Lipinski definition) is 1. The minimum Gasteiger partial charge on any atom is -0.383 e. The Bertz CT molecular complexity index is 626. The van der Waals surface area contributed by atoms with Gasteiger partial charge in [-0.2, -0.15) is 5.10 Å². The van der Waals surface area contributed by atoms with E-state index in [9.17, 15) is 13.2 Å². The van der Waals surface area contributed by atoms with Crippen LogP contribution in [-0.2, 0) is 37.1 Å². The molecule has 22 heavy (non-hydrogen) atoms. The Morgan fingerprint density at radius 3 is 3.05 bits per heavy atom. The summed E-state index contributed by atoms with van der Waals surface area (Å²) in [6, 6.07) is 0. The summed E-state index contributed by atoms with van der Waals surface area (Å²) in [6.07, 6.45) is 3.41. The van der Waals surface area contributed by atoms with Crippen LogP contribution in [0.3, 0.4) is 0 Å². The lowest BCUT2D eigenvalue weighted by atomic mass is 10.1. The van der Waals surface area contributed by atoms with Crippen molar-refractivity contribution in [2.24, 2.45) is 0 Å². The molecule has 0 saturated heterocycles. The maximum absolute atomic E-state index is 11.6. The number of aromatic nitrogens is 2. The molecule has 1 aliphatic rings. The standard InChI is InChI=1S/C13H21N3O5S/c1-20-6-4-16-8-10-3-5-21-11(13(10)15-16)7-14-12(17)9-22(2,18)19/h8,11H,3-7,9H2,1-2H3,(H,14,17)/t11-/m1/s1. The second-order valence-electron chi connectivity index (χ2n) is 5.28. The fraction of sp³-hybridized carbons (Fsp3) is 0.692. The van der Waals surface area contributed by atoms with Gasteiger partial charge in [0.15, 0.2) is 9.84 Å². The van der Waals surface area contributed by atoms with Gasteiger partial charge in [-0.25, -0.2) is 8.42 Å². The second-order valence-corrected chi connectivity index (χ2v) is 7.42. The molecule has 0 aliphatic carbocycles. The summed E-state index contributed by atoms with van der Waals surface area (Å²) in [5, 5.41) is 7.05. The van der Waals surface area contributed by atoms with Crippen LogP contribution in [0, 0.1) is 0 Å². The summed E-state index contributed by atoms with van der Waals surface area (Å²) >= 11 is 0. The molecule has 1 aliphatic heterocycles. The number of sulfone groups is 1. The Morgan fingerprint density at radius 1 is 1.59 bits per heavy atom.